The van der Waals surface area contributed by atoms with Gasteiger partial charge in [0.25, 0.3) is 0 Å². The van der Waals surface area contributed by atoms with Crippen molar-refractivity contribution in [1.82, 2.24) is 9.97 Å². The quantitative estimate of drug-likeness (QED) is 0.801. The number of hydrogen-bond donors (Lipinski definition) is 2. The third-order valence-electron chi connectivity index (χ3n) is 2.47. The van der Waals surface area contributed by atoms with Crippen molar-refractivity contribution < 1.29 is 0 Å². The van der Waals surface area contributed by atoms with Crippen molar-refractivity contribution in [1.29, 1.82) is 0 Å². The first-order valence-electron chi connectivity index (χ1n) is 5.74. The molecule has 3 N–H and O–H groups in total. The second kappa shape index (κ2) is 5.35. The van der Waals surface area contributed by atoms with E-state index in [1.54, 1.807) is 6.20 Å². The number of hydrogen-bond acceptors (Lipinski definition) is 5. The fourth-order valence-corrected chi connectivity index (χ4v) is 1.56. The average Bonchev–Trinajstić information content (AvgIpc) is 2.37. The van der Waals surface area contributed by atoms with E-state index in [4.69, 9.17) is 5.73 Å². The molecule has 0 aliphatic carbocycles. The van der Waals surface area contributed by atoms with Crippen LogP contribution in [0.5, 0.6) is 0 Å². The van der Waals surface area contributed by atoms with Gasteiger partial charge in [-0.3, -0.25) is 0 Å². The molecule has 0 saturated heterocycles. The maximum Gasteiger partial charge on any atom is 0.226 e. The van der Waals surface area contributed by atoms with Crippen LogP contribution in [0.2, 0.25) is 0 Å². The molecule has 1 heterocycles. The highest BCUT2D eigenvalue weighted by atomic mass is 15.2. The SMILES string of the molecule is CN(C)c1nccc(NCc2cccc(N)c2)n1. The normalized spacial score (nSPS) is 10.1. The molecular weight excluding hydrogens is 226 g/mol. The Morgan fingerprint density at radius 2 is 2.11 bits per heavy atom. The highest BCUT2D eigenvalue weighted by Gasteiger charge is 2.01. The number of nitrogens with two attached hydrogens (primary N) is 1. The Balaban J connectivity index is 2.04. The Labute approximate surface area is 107 Å². The van der Waals surface area contributed by atoms with Gasteiger partial charge in [0.05, 0.1) is 0 Å². The first-order valence-corrected chi connectivity index (χ1v) is 5.74. The van der Waals surface area contributed by atoms with Crippen molar-refractivity contribution in [3.05, 3.63) is 42.1 Å². The molecule has 94 valence electrons. The minimum absolute atomic E-state index is 0.688. The van der Waals surface area contributed by atoms with Gasteiger partial charge < -0.3 is 16.0 Å². The van der Waals surface area contributed by atoms with Gasteiger partial charge in [0.15, 0.2) is 0 Å². The van der Waals surface area contributed by atoms with E-state index in [1.165, 1.54) is 0 Å². The van der Waals surface area contributed by atoms with Crippen molar-refractivity contribution in [2.24, 2.45) is 0 Å². The summed E-state index contributed by atoms with van der Waals surface area (Å²) < 4.78 is 0. The van der Waals surface area contributed by atoms with E-state index in [0.29, 0.717) is 12.5 Å². The van der Waals surface area contributed by atoms with Gasteiger partial charge in [-0.2, -0.15) is 4.98 Å². The Hall–Kier alpha value is -2.30. The van der Waals surface area contributed by atoms with E-state index in [0.717, 1.165) is 17.1 Å². The van der Waals surface area contributed by atoms with E-state index >= 15 is 0 Å². The maximum atomic E-state index is 5.73. The highest BCUT2D eigenvalue weighted by molar-refractivity contribution is 5.44. The first kappa shape index (κ1) is 12.2. The average molecular weight is 243 g/mol. The monoisotopic (exact) mass is 243 g/mol. The Kier molecular flexibility index (Phi) is 3.62. The summed E-state index contributed by atoms with van der Waals surface area (Å²) in [5.41, 5.74) is 7.63. The lowest BCUT2D eigenvalue weighted by Gasteiger charge is -2.11. The van der Waals surface area contributed by atoms with E-state index < -0.39 is 0 Å². The molecule has 0 unspecified atom stereocenters. The highest BCUT2D eigenvalue weighted by Crippen LogP contribution is 2.11. The van der Waals surface area contributed by atoms with Crippen LogP contribution in [-0.4, -0.2) is 24.1 Å². The van der Waals surface area contributed by atoms with Crippen molar-refractivity contribution in [2.75, 3.05) is 30.0 Å². The van der Waals surface area contributed by atoms with Crippen LogP contribution in [-0.2, 0) is 6.54 Å². The van der Waals surface area contributed by atoms with Crippen LogP contribution in [0, 0.1) is 0 Å². The van der Waals surface area contributed by atoms with Gasteiger partial charge in [0.1, 0.15) is 5.82 Å². The van der Waals surface area contributed by atoms with E-state index in [2.05, 4.69) is 15.3 Å². The molecule has 1 aromatic carbocycles. The van der Waals surface area contributed by atoms with Crippen molar-refractivity contribution >= 4 is 17.5 Å². The number of benzene rings is 1. The zero-order valence-corrected chi connectivity index (χ0v) is 10.6. The molecule has 18 heavy (non-hydrogen) atoms. The van der Waals surface area contributed by atoms with Gasteiger partial charge in [-0.1, -0.05) is 12.1 Å². The summed E-state index contributed by atoms with van der Waals surface area (Å²) in [5.74, 6) is 1.49. The summed E-state index contributed by atoms with van der Waals surface area (Å²) in [7, 11) is 3.83. The molecule has 5 nitrogen and oxygen atoms in total. The molecule has 0 radical (unpaired) electrons. The first-order chi connectivity index (χ1) is 8.65. The van der Waals surface area contributed by atoms with Gasteiger partial charge in [-0.05, 0) is 23.8 Å². The van der Waals surface area contributed by atoms with Gasteiger partial charge in [0, 0.05) is 32.5 Å². The Bertz CT molecular complexity index is 524. The summed E-state index contributed by atoms with van der Waals surface area (Å²) in [4.78, 5) is 10.4. The fourth-order valence-electron chi connectivity index (χ4n) is 1.56. The topological polar surface area (TPSA) is 67.1 Å². The lowest BCUT2D eigenvalue weighted by atomic mass is 10.2. The number of anilines is 3. The van der Waals surface area contributed by atoms with E-state index in [1.807, 2.05) is 49.3 Å². The van der Waals surface area contributed by atoms with E-state index in [-0.39, 0.29) is 0 Å². The van der Waals surface area contributed by atoms with Gasteiger partial charge in [-0.25, -0.2) is 4.98 Å². The van der Waals surface area contributed by atoms with Gasteiger partial charge in [-0.15, -0.1) is 0 Å². The third kappa shape index (κ3) is 3.10. The van der Waals surface area contributed by atoms with Crippen LogP contribution < -0.4 is 16.0 Å². The van der Waals surface area contributed by atoms with Crippen LogP contribution in [0.15, 0.2) is 36.5 Å². The van der Waals surface area contributed by atoms with Gasteiger partial charge in [0.2, 0.25) is 5.95 Å². The number of nitrogen functional groups attached to an aromatic ring is 1. The molecule has 0 bridgehead atoms. The van der Waals surface area contributed by atoms with Crippen LogP contribution in [0.3, 0.4) is 0 Å². The summed E-state index contributed by atoms with van der Waals surface area (Å²) in [6.45, 7) is 0.689. The van der Waals surface area contributed by atoms with Crippen LogP contribution >= 0.6 is 0 Å². The smallest absolute Gasteiger partial charge is 0.226 e. The zero-order valence-electron chi connectivity index (χ0n) is 10.6. The summed E-state index contributed by atoms with van der Waals surface area (Å²) in [6.07, 6.45) is 1.74. The third-order valence-corrected chi connectivity index (χ3v) is 2.47. The molecule has 0 aliphatic rings. The van der Waals surface area contributed by atoms with E-state index in [9.17, 15) is 0 Å². The largest absolute Gasteiger partial charge is 0.399 e. The zero-order chi connectivity index (χ0) is 13.0. The molecule has 0 amide bonds. The Morgan fingerprint density at radius 1 is 1.28 bits per heavy atom. The Morgan fingerprint density at radius 3 is 2.83 bits per heavy atom. The number of nitrogens with one attached hydrogen (secondary N) is 1. The molecule has 2 aromatic rings. The minimum atomic E-state index is 0.688. The molecule has 0 aliphatic heterocycles. The minimum Gasteiger partial charge on any atom is -0.399 e. The fraction of sp³-hybridized carbons (Fsp3) is 0.231. The van der Waals surface area contributed by atoms with Crippen LogP contribution in [0.4, 0.5) is 17.5 Å². The summed E-state index contributed by atoms with van der Waals surface area (Å²) >= 11 is 0. The number of aromatic nitrogens is 2. The van der Waals surface area contributed by atoms with Gasteiger partial charge >= 0.3 is 0 Å². The second-order valence-electron chi connectivity index (χ2n) is 4.23. The summed E-state index contributed by atoms with van der Waals surface area (Å²) in [6, 6.07) is 9.63. The molecule has 5 heteroatoms. The standard InChI is InChI=1S/C13H17N5/c1-18(2)13-15-7-6-12(17-13)16-9-10-4-3-5-11(14)8-10/h3-8H,9,14H2,1-2H3,(H,15,16,17). The molecule has 0 fully saturated rings. The predicted octanol–water partition coefficient (Wildman–Crippen LogP) is 1.74. The van der Waals surface area contributed by atoms with Crippen LogP contribution in [0.25, 0.3) is 0 Å². The molecule has 0 saturated carbocycles. The maximum absolute atomic E-state index is 5.73. The second-order valence-corrected chi connectivity index (χ2v) is 4.23. The molecular formula is C13H17N5. The predicted molar refractivity (Wildman–Crippen MR) is 74.5 cm³/mol. The van der Waals surface area contributed by atoms with Crippen molar-refractivity contribution in [2.45, 2.75) is 6.54 Å². The molecule has 0 spiro atoms. The van der Waals surface area contributed by atoms with Crippen LogP contribution in [0.1, 0.15) is 5.56 Å². The number of rotatable bonds is 4. The lowest BCUT2D eigenvalue weighted by Crippen LogP contribution is -2.13. The molecule has 2 rings (SSSR count). The van der Waals surface area contributed by atoms with Crippen molar-refractivity contribution in [3.8, 4) is 0 Å². The molecule has 0 atom stereocenters. The number of nitrogens with zero attached hydrogens (tertiary/aromatic N) is 3. The molecule has 1 aromatic heterocycles. The summed E-state index contributed by atoms with van der Waals surface area (Å²) in [5, 5.41) is 3.25. The lowest BCUT2D eigenvalue weighted by molar-refractivity contribution is 0.988. The van der Waals surface area contributed by atoms with Crippen molar-refractivity contribution in [3.63, 3.8) is 0 Å².